The highest BCUT2D eigenvalue weighted by molar-refractivity contribution is 5.93. The lowest BCUT2D eigenvalue weighted by Crippen LogP contribution is -2.13. The van der Waals surface area contributed by atoms with Crippen molar-refractivity contribution in [3.8, 4) is 0 Å². The molecule has 0 heterocycles. The van der Waals surface area contributed by atoms with E-state index in [0.717, 1.165) is 6.42 Å². The van der Waals surface area contributed by atoms with Crippen LogP contribution in [0.2, 0.25) is 0 Å². The SMILES string of the molecule is O=C(CCCOCCc1ccccc1)Nc1cccc(C(=O)O)c1. The van der Waals surface area contributed by atoms with E-state index in [0.29, 0.717) is 31.7 Å². The molecule has 0 aliphatic rings. The molecule has 0 atom stereocenters. The molecule has 2 N–H and O–H groups in total. The molecule has 0 aromatic heterocycles. The van der Waals surface area contributed by atoms with E-state index in [-0.39, 0.29) is 11.5 Å². The second-order valence-corrected chi connectivity index (χ2v) is 5.39. The van der Waals surface area contributed by atoms with Crippen molar-refractivity contribution in [1.82, 2.24) is 0 Å². The van der Waals surface area contributed by atoms with Crippen LogP contribution in [0.25, 0.3) is 0 Å². The van der Waals surface area contributed by atoms with Crippen LogP contribution < -0.4 is 5.32 Å². The van der Waals surface area contributed by atoms with Gasteiger partial charge in [-0.3, -0.25) is 4.79 Å². The minimum Gasteiger partial charge on any atom is -0.478 e. The largest absolute Gasteiger partial charge is 0.478 e. The van der Waals surface area contributed by atoms with Crippen LogP contribution in [-0.2, 0) is 16.0 Å². The number of carbonyl (C=O) groups excluding carboxylic acids is 1. The van der Waals surface area contributed by atoms with Crippen molar-refractivity contribution >= 4 is 17.6 Å². The van der Waals surface area contributed by atoms with Crippen molar-refractivity contribution in [2.24, 2.45) is 0 Å². The molecule has 0 aliphatic carbocycles. The number of amides is 1. The summed E-state index contributed by atoms with van der Waals surface area (Å²) in [4.78, 5) is 22.7. The summed E-state index contributed by atoms with van der Waals surface area (Å²) in [6.45, 7) is 1.15. The molecule has 0 bridgehead atoms. The predicted octanol–water partition coefficient (Wildman–Crippen LogP) is 3.36. The molecule has 2 aromatic rings. The molecule has 5 heteroatoms. The van der Waals surface area contributed by atoms with Gasteiger partial charge in [0.2, 0.25) is 5.91 Å². The van der Waals surface area contributed by atoms with E-state index in [2.05, 4.69) is 17.4 Å². The number of hydrogen-bond donors (Lipinski definition) is 2. The molecule has 0 saturated carbocycles. The Hall–Kier alpha value is -2.66. The Balaban J connectivity index is 1.61. The monoisotopic (exact) mass is 327 g/mol. The highest BCUT2D eigenvalue weighted by atomic mass is 16.5. The molecular formula is C19H21NO4. The number of aromatic carboxylic acids is 1. The lowest BCUT2D eigenvalue weighted by Gasteiger charge is -2.07. The highest BCUT2D eigenvalue weighted by Crippen LogP contribution is 2.11. The number of benzene rings is 2. The summed E-state index contributed by atoms with van der Waals surface area (Å²) in [6, 6.07) is 16.3. The standard InChI is InChI=1S/C19H21NO4/c21-18(20-17-9-4-8-16(14-17)19(22)23)10-5-12-24-13-11-15-6-2-1-3-7-15/h1-4,6-9,14H,5,10-13H2,(H,20,21)(H,22,23). The van der Waals surface area contributed by atoms with Gasteiger partial charge in [0.15, 0.2) is 0 Å². The van der Waals surface area contributed by atoms with Crippen LogP contribution in [0, 0.1) is 0 Å². The first-order valence-corrected chi connectivity index (χ1v) is 7.90. The Labute approximate surface area is 141 Å². The van der Waals surface area contributed by atoms with E-state index in [1.54, 1.807) is 12.1 Å². The van der Waals surface area contributed by atoms with Crippen LogP contribution in [0.5, 0.6) is 0 Å². The van der Waals surface area contributed by atoms with Crippen molar-refractivity contribution in [1.29, 1.82) is 0 Å². The lowest BCUT2D eigenvalue weighted by atomic mass is 10.2. The number of hydrogen-bond acceptors (Lipinski definition) is 3. The Morgan fingerprint density at radius 1 is 1.00 bits per heavy atom. The number of carbonyl (C=O) groups is 2. The normalized spacial score (nSPS) is 10.3. The van der Waals surface area contributed by atoms with Crippen molar-refractivity contribution in [2.75, 3.05) is 18.5 Å². The van der Waals surface area contributed by atoms with Gasteiger partial charge in [0.05, 0.1) is 12.2 Å². The molecular weight excluding hydrogens is 306 g/mol. The van der Waals surface area contributed by atoms with E-state index in [9.17, 15) is 9.59 Å². The maximum absolute atomic E-state index is 11.8. The first-order chi connectivity index (χ1) is 11.6. The van der Waals surface area contributed by atoms with E-state index < -0.39 is 5.97 Å². The van der Waals surface area contributed by atoms with E-state index in [1.165, 1.54) is 17.7 Å². The van der Waals surface area contributed by atoms with Gasteiger partial charge >= 0.3 is 5.97 Å². The number of anilines is 1. The van der Waals surface area contributed by atoms with E-state index >= 15 is 0 Å². The average Bonchev–Trinajstić information content (AvgIpc) is 2.59. The predicted molar refractivity (Wildman–Crippen MR) is 92.2 cm³/mol. The summed E-state index contributed by atoms with van der Waals surface area (Å²) in [7, 11) is 0. The van der Waals surface area contributed by atoms with Crippen molar-refractivity contribution in [3.05, 3.63) is 65.7 Å². The van der Waals surface area contributed by atoms with Gasteiger partial charge in [-0.15, -0.1) is 0 Å². The number of carboxylic acid groups (broad SMARTS) is 1. The third-order valence-corrected chi connectivity index (χ3v) is 3.46. The number of carboxylic acids is 1. The topological polar surface area (TPSA) is 75.6 Å². The molecule has 1 amide bonds. The second-order valence-electron chi connectivity index (χ2n) is 5.39. The molecule has 24 heavy (non-hydrogen) atoms. The Morgan fingerprint density at radius 3 is 2.54 bits per heavy atom. The molecule has 0 radical (unpaired) electrons. The number of rotatable bonds is 9. The van der Waals surface area contributed by atoms with Crippen molar-refractivity contribution < 1.29 is 19.4 Å². The van der Waals surface area contributed by atoms with Crippen molar-refractivity contribution in [3.63, 3.8) is 0 Å². The Bertz CT molecular complexity index is 670. The van der Waals surface area contributed by atoms with Crippen LogP contribution in [0.4, 0.5) is 5.69 Å². The fraction of sp³-hybridized carbons (Fsp3) is 0.263. The number of nitrogens with one attached hydrogen (secondary N) is 1. The van der Waals surface area contributed by atoms with Crippen LogP contribution in [0.1, 0.15) is 28.8 Å². The van der Waals surface area contributed by atoms with Crippen molar-refractivity contribution in [2.45, 2.75) is 19.3 Å². The minimum atomic E-state index is -1.02. The highest BCUT2D eigenvalue weighted by Gasteiger charge is 2.06. The molecule has 0 aliphatic heterocycles. The van der Waals surface area contributed by atoms with Crippen LogP contribution in [0.3, 0.4) is 0 Å². The van der Waals surface area contributed by atoms with Gasteiger partial charge < -0.3 is 15.2 Å². The summed E-state index contributed by atoms with van der Waals surface area (Å²) >= 11 is 0. The molecule has 5 nitrogen and oxygen atoms in total. The maximum atomic E-state index is 11.8. The first-order valence-electron chi connectivity index (χ1n) is 7.90. The summed E-state index contributed by atoms with van der Waals surface area (Å²) in [6.07, 6.45) is 1.82. The summed E-state index contributed by atoms with van der Waals surface area (Å²) < 4.78 is 5.53. The van der Waals surface area contributed by atoms with Gasteiger partial charge in [0, 0.05) is 18.7 Å². The van der Waals surface area contributed by atoms with Gasteiger partial charge in [-0.25, -0.2) is 4.79 Å². The molecule has 0 fully saturated rings. The third kappa shape index (κ3) is 6.22. The minimum absolute atomic E-state index is 0.149. The fourth-order valence-electron chi connectivity index (χ4n) is 2.23. The van der Waals surface area contributed by atoms with Gasteiger partial charge in [-0.2, -0.15) is 0 Å². The smallest absolute Gasteiger partial charge is 0.335 e. The Kier molecular flexibility index (Phi) is 6.98. The maximum Gasteiger partial charge on any atom is 0.335 e. The fourth-order valence-corrected chi connectivity index (χ4v) is 2.23. The molecule has 0 unspecified atom stereocenters. The summed E-state index contributed by atoms with van der Waals surface area (Å²) in [5.41, 5.74) is 1.87. The molecule has 2 aromatic carbocycles. The Morgan fingerprint density at radius 2 is 1.79 bits per heavy atom. The lowest BCUT2D eigenvalue weighted by molar-refractivity contribution is -0.116. The van der Waals surface area contributed by atoms with E-state index in [4.69, 9.17) is 9.84 Å². The molecule has 0 saturated heterocycles. The van der Waals surface area contributed by atoms with E-state index in [1.807, 2.05) is 18.2 Å². The van der Waals surface area contributed by atoms with Crippen LogP contribution >= 0.6 is 0 Å². The first kappa shape index (κ1) is 17.7. The average molecular weight is 327 g/mol. The van der Waals surface area contributed by atoms with Gasteiger partial charge in [-0.1, -0.05) is 36.4 Å². The zero-order chi connectivity index (χ0) is 17.2. The van der Waals surface area contributed by atoms with Crippen LogP contribution in [-0.4, -0.2) is 30.2 Å². The quantitative estimate of drug-likeness (QED) is 0.693. The molecule has 2 rings (SSSR count). The number of ether oxygens (including phenoxy) is 1. The second kappa shape index (κ2) is 9.47. The molecule has 126 valence electrons. The zero-order valence-electron chi connectivity index (χ0n) is 13.4. The van der Waals surface area contributed by atoms with Gasteiger partial charge in [0.25, 0.3) is 0 Å². The molecule has 0 spiro atoms. The third-order valence-electron chi connectivity index (χ3n) is 3.46. The summed E-state index contributed by atoms with van der Waals surface area (Å²) in [5.74, 6) is -1.16. The van der Waals surface area contributed by atoms with Crippen LogP contribution in [0.15, 0.2) is 54.6 Å². The van der Waals surface area contributed by atoms with Gasteiger partial charge in [-0.05, 0) is 36.6 Å². The zero-order valence-corrected chi connectivity index (χ0v) is 13.4. The van der Waals surface area contributed by atoms with Gasteiger partial charge in [0.1, 0.15) is 0 Å². The summed E-state index contributed by atoms with van der Waals surface area (Å²) in [5, 5.41) is 11.6.